The van der Waals surface area contributed by atoms with Gasteiger partial charge in [-0.25, -0.2) is 14.2 Å². The Bertz CT molecular complexity index is 548. The molecular formula is C11H11FN2O2. The van der Waals surface area contributed by atoms with Crippen molar-refractivity contribution in [3.05, 3.63) is 29.3 Å². The molecule has 0 radical (unpaired) electrons. The minimum Gasteiger partial charge on any atom is -0.478 e. The highest BCUT2D eigenvalue weighted by molar-refractivity contribution is 6.00. The number of imidazole rings is 1. The first kappa shape index (κ1) is 10.6. The first-order valence-corrected chi connectivity index (χ1v) is 5.03. The number of benzene rings is 1. The van der Waals surface area contributed by atoms with E-state index < -0.39 is 11.8 Å². The van der Waals surface area contributed by atoms with E-state index in [9.17, 15) is 9.18 Å². The number of carboxylic acids is 1. The van der Waals surface area contributed by atoms with E-state index >= 15 is 0 Å². The van der Waals surface area contributed by atoms with Gasteiger partial charge in [0.05, 0.1) is 11.1 Å². The van der Waals surface area contributed by atoms with Crippen LogP contribution >= 0.6 is 0 Å². The van der Waals surface area contributed by atoms with E-state index in [4.69, 9.17) is 5.11 Å². The number of aromatic nitrogens is 2. The molecule has 0 atom stereocenters. The summed E-state index contributed by atoms with van der Waals surface area (Å²) in [6.07, 6.45) is 1.61. The molecule has 0 fully saturated rings. The Morgan fingerprint density at radius 3 is 2.94 bits per heavy atom. The molecule has 0 unspecified atom stereocenters. The number of aromatic amines is 1. The van der Waals surface area contributed by atoms with Gasteiger partial charge in [-0.3, -0.25) is 0 Å². The molecule has 1 heterocycles. The van der Waals surface area contributed by atoms with Crippen LogP contribution in [0.4, 0.5) is 4.39 Å². The predicted octanol–water partition coefficient (Wildman–Crippen LogP) is 2.35. The molecule has 1 aromatic heterocycles. The fourth-order valence-electron chi connectivity index (χ4n) is 1.65. The number of hydrogen-bond acceptors (Lipinski definition) is 2. The second kappa shape index (κ2) is 3.92. The van der Waals surface area contributed by atoms with Crippen molar-refractivity contribution in [3.8, 4) is 0 Å². The molecule has 2 rings (SSSR count). The molecule has 0 amide bonds. The summed E-state index contributed by atoms with van der Waals surface area (Å²) in [6.45, 7) is 1.99. The highest BCUT2D eigenvalue weighted by Gasteiger charge is 2.14. The van der Waals surface area contributed by atoms with Gasteiger partial charge in [0.1, 0.15) is 17.2 Å². The Labute approximate surface area is 91.1 Å². The number of nitrogens with one attached hydrogen (secondary N) is 1. The standard InChI is InChI=1S/C11H11FN2O2/c1-2-3-9-13-8-5-6(12)4-7(11(15)16)10(8)14-9/h4-5H,2-3H2,1H3,(H,13,14)(H,15,16). The van der Waals surface area contributed by atoms with E-state index in [2.05, 4.69) is 9.97 Å². The van der Waals surface area contributed by atoms with Gasteiger partial charge in [0.25, 0.3) is 0 Å². The van der Waals surface area contributed by atoms with Crippen molar-refractivity contribution < 1.29 is 14.3 Å². The van der Waals surface area contributed by atoms with Gasteiger partial charge in [-0.1, -0.05) is 6.92 Å². The number of fused-ring (bicyclic) bond motifs is 1. The van der Waals surface area contributed by atoms with Crippen molar-refractivity contribution in [3.63, 3.8) is 0 Å². The highest BCUT2D eigenvalue weighted by atomic mass is 19.1. The number of H-pyrrole nitrogens is 1. The summed E-state index contributed by atoms with van der Waals surface area (Å²) >= 11 is 0. The molecule has 0 aliphatic carbocycles. The van der Waals surface area contributed by atoms with Gasteiger partial charge >= 0.3 is 5.97 Å². The second-order valence-corrected chi connectivity index (χ2v) is 3.59. The molecule has 0 saturated carbocycles. The number of carbonyl (C=O) groups is 1. The molecular weight excluding hydrogens is 211 g/mol. The predicted molar refractivity (Wildman–Crippen MR) is 57.0 cm³/mol. The molecule has 0 spiro atoms. The first-order chi connectivity index (χ1) is 7.61. The summed E-state index contributed by atoms with van der Waals surface area (Å²) in [6, 6.07) is 2.25. The number of halogens is 1. The second-order valence-electron chi connectivity index (χ2n) is 3.59. The van der Waals surface area contributed by atoms with Crippen LogP contribution in [0.1, 0.15) is 29.5 Å². The maximum Gasteiger partial charge on any atom is 0.338 e. The van der Waals surface area contributed by atoms with Gasteiger partial charge in [-0.15, -0.1) is 0 Å². The normalized spacial score (nSPS) is 10.9. The minimum absolute atomic E-state index is 0.103. The molecule has 1 aromatic carbocycles. The Morgan fingerprint density at radius 2 is 2.31 bits per heavy atom. The molecule has 2 N–H and O–H groups in total. The van der Waals surface area contributed by atoms with Gasteiger partial charge < -0.3 is 10.1 Å². The third kappa shape index (κ3) is 1.76. The van der Waals surface area contributed by atoms with Crippen molar-refractivity contribution in [2.75, 3.05) is 0 Å². The molecule has 5 heteroatoms. The first-order valence-electron chi connectivity index (χ1n) is 5.03. The molecule has 2 aromatic rings. The van der Waals surface area contributed by atoms with Crippen LogP contribution in [0.2, 0.25) is 0 Å². The van der Waals surface area contributed by atoms with Gasteiger partial charge in [-0.2, -0.15) is 0 Å². The van der Waals surface area contributed by atoms with Crippen molar-refractivity contribution in [1.82, 2.24) is 9.97 Å². The largest absolute Gasteiger partial charge is 0.478 e. The van der Waals surface area contributed by atoms with Crippen LogP contribution in [0.15, 0.2) is 12.1 Å². The van der Waals surface area contributed by atoms with Crippen LogP contribution < -0.4 is 0 Å². The lowest BCUT2D eigenvalue weighted by Crippen LogP contribution is -1.98. The van der Waals surface area contributed by atoms with Crippen LogP contribution in [0.25, 0.3) is 11.0 Å². The number of nitrogens with zero attached hydrogens (tertiary/aromatic N) is 1. The third-order valence-corrected chi connectivity index (χ3v) is 2.32. The topological polar surface area (TPSA) is 66.0 Å². The lowest BCUT2D eigenvalue weighted by Gasteiger charge is -1.95. The molecule has 0 aliphatic heterocycles. The maximum absolute atomic E-state index is 13.1. The summed E-state index contributed by atoms with van der Waals surface area (Å²) in [5.41, 5.74) is 0.645. The molecule has 84 valence electrons. The number of carboxylic acid groups (broad SMARTS) is 1. The van der Waals surface area contributed by atoms with Gasteiger partial charge in [0.15, 0.2) is 0 Å². The SMILES string of the molecule is CCCc1nc2c(C(=O)O)cc(F)cc2[nH]1. The number of aryl methyl sites for hydroxylation is 1. The lowest BCUT2D eigenvalue weighted by molar-refractivity contribution is 0.0698. The van der Waals surface area contributed by atoms with E-state index in [0.717, 1.165) is 18.9 Å². The molecule has 0 bridgehead atoms. The maximum atomic E-state index is 13.1. The molecule has 0 aliphatic rings. The zero-order valence-electron chi connectivity index (χ0n) is 8.75. The van der Waals surface area contributed by atoms with Crippen LogP contribution in [0, 0.1) is 5.82 Å². The molecule has 0 saturated heterocycles. The average Bonchev–Trinajstić information content (AvgIpc) is 2.59. The molecule has 4 nitrogen and oxygen atoms in total. The van der Waals surface area contributed by atoms with E-state index in [1.807, 2.05) is 6.92 Å². The average molecular weight is 222 g/mol. The highest BCUT2D eigenvalue weighted by Crippen LogP contribution is 2.19. The Hall–Kier alpha value is -1.91. The van der Waals surface area contributed by atoms with Crippen molar-refractivity contribution in [1.29, 1.82) is 0 Å². The van der Waals surface area contributed by atoms with Gasteiger partial charge in [0, 0.05) is 6.42 Å². The van der Waals surface area contributed by atoms with Gasteiger partial charge in [0.2, 0.25) is 0 Å². The van der Waals surface area contributed by atoms with Crippen LogP contribution in [-0.2, 0) is 6.42 Å². The fraction of sp³-hybridized carbons (Fsp3) is 0.273. The van der Waals surface area contributed by atoms with Crippen LogP contribution in [-0.4, -0.2) is 21.0 Å². The van der Waals surface area contributed by atoms with Crippen LogP contribution in [0.5, 0.6) is 0 Å². The third-order valence-electron chi connectivity index (χ3n) is 2.32. The Morgan fingerprint density at radius 1 is 1.56 bits per heavy atom. The summed E-state index contributed by atoms with van der Waals surface area (Å²) in [4.78, 5) is 18.0. The van der Waals surface area contributed by atoms with E-state index in [-0.39, 0.29) is 5.56 Å². The quantitative estimate of drug-likeness (QED) is 0.837. The van der Waals surface area contributed by atoms with Crippen molar-refractivity contribution in [2.24, 2.45) is 0 Å². The Kier molecular flexibility index (Phi) is 2.60. The monoisotopic (exact) mass is 222 g/mol. The van der Waals surface area contributed by atoms with Crippen LogP contribution in [0.3, 0.4) is 0 Å². The lowest BCUT2D eigenvalue weighted by atomic mass is 10.2. The van der Waals surface area contributed by atoms with Crippen molar-refractivity contribution in [2.45, 2.75) is 19.8 Å². The fourth-order valence-corrected chi connectivity index (χ4v) is 1.65. The smallest absolute Gasteiger partial charge is 0.338 e. The van der Waals surface area contributed by atoms with Gasteiger partial charge in [-0.05, 0) is 18.6 Å². The van der Waals surface area contributed by atoms with E-state index in [1.165, 1.54) is 6.07 Å². The summed E-state index contributed by atoms with van der Waals surface area (Å²) in [5, 5.41) is 8.93. The zero-order valence-corrected chi connectivity index (χ0v) is 8.75. The number of hydrogen-bond donors (Lipinski definition) is 2. The summed E-state index contributed by atoms with van der Waals surface area (Å²) in [7, 11) is 0. The van der Waals surface area contributed by atoms with Crippen molar-refractivity contribution >= 4 is 17.0 Å². The summed E-state index contributed by atoms with van der Waals surface area (Å²) in [5.74, 6) is -1.05. The van der Waals surface area contributed by atoms with E-state index in [1.54, 1.807) is 0 Å². The van der Waals surface area contributed by atoms with E-state index in [0.29, 0.717) is 16.9 Å². The number of rotatable bonds is 3. The summed E-state index contributed by atoms with van der Waals surface area (Å²) < 4.78 is 13.1. The minimum atomic E-state index is -1.17. The molecule has 16 heavy (non-hydrogen) atoms. The zero-order chi connectivity index (χ0) is 11.7. The number of aromatic carboxylic acids is 1. The Balaban J connectivity index is 2.65.